The van der Waals surface area contributed by atoms with Gasteiger partial charge in [-0.05, 0) is 36.4 Å². The Labute approximate surface area is 136 Å². The molecule has 1 N–H and O–H groups in total. The molecule has 2 rings (SSSR count). The van der Waals surface area contributed by atoms with Crippen molar-refractivity contribution in [3.63, 3.8) is 0 Å². The van der Waals surface area contributed by atoms with E-state index in [1.54, 1.807) is 0 Å². The van der Waals surface area contributed by atoms with Crippen LogP contribution in [-0.4, -0.2) is 10.9 Å². The number of benzene rings is 2. The molecule has 9 heteroatoms. The lowest BCUT2D eigenvalue weighted by molar-refractivity contribution is -0.143. The minimum atomic E-state index is -5.08. The van der Waals surface area contributed by atoms with Crippen molar-refractivity contribution in [3.8, 4) is 5.75 Å². The maximum atomic E-state index is 12.8. The van der Waals surface area contributed by atoms with Crippen LogP contribution in [-0.2, 0) is 12.4 Å². The first-order valence-corrected chi connectivity index (χ1v) is 6.60. The Balaban J connectivity index is 2.65. The summed E-state index contributed by atoms with van der Waals surface area (Å²) >= 11 is 5.63. The number of carbonyl (C=O) groups excluding carboxylic acids is 1. The van der Waals surface area contributed by atoms with Gasteiger partial charge in [0.05, 0.1) is 16.7 Å². The molecule has 0 aliphatic heterocycles. The quantitative estimate of drug-likeness (QED) is 0.576. The summed E-state index contributed by atoms with van der Waals surface area (Å²) in [6.07, 6.45) is -10.2. The number of hydrogen-bond donors (Lipinski definition) is 1. The molecule has 0 fully saturated rings. The molecule has 0 spiro atoms. The summed E-state index contributed by atoms with van der Waals surface area (Å²) in [5.41, 5.74) is -4.62. The standard InChI is InChI=1S/C15H7ClF6O2/c16-10-1-2-12(23)11(6-10)13(24)7-3-8(14(17,18)19)5-9(4-7)15(20,21)22/h1-6,23H. The number of phenolic OH excluding ortho intramolecular Hbond substituents is 1. The largest absolute Gasteiger partial charge is 0.507 e. The first-order chi connectivity index (χ1) is 10.9. The van der Waals surface area contributed by atoms with E-state index in [2.05, 4.69) is 0 Å². The highest BCUT2D eigenvalue weighted by molar-refractivity contribution is 6.31. The van der Waals surface area contributed by atoms with Crippen LogP contribution >= 0.6 is 11.6 Å². The molecule has 2 aromatic rings. The molecular weight excluding hydrogens is 362 g/mol. The number of rotatable bonds is 2. The first kappa shape index (κ1) is 18.1. The third-order valence-electron chi connectivity index (χ3n) is 3.05. The predicted molar refractivity (Wildman–Crippen MR) is 73.0 cm³/mol. The van der Waals surface area contributed by atoms with Crippen molar-refractivity contribution in [1.82, 2.24) is 0 Å². The molecule has 0 bridgehead atoms. The van der Waals surface area contributed by atoms with E-state index in [1.807, 2.05) is 0 Å². The lowest BCUT2D eigenvalue weighted by atomic mass is 9.97. The molecule has 0 unspecified atom stereocenters. The van der Waals surface area contributed by atoms with Crippen LogP contribution in [0.5, 0.6) is 5.75 Å². The highest BCUT2D eigenvalue weighted by Gasteiger charge is 2.37. The third kappa shape index (κ3) is 3.81. The number of hydrogen-bond acceptors (Lipinski definition) is 2. The van der Waals surface area contributed by atoms with Gasteiger partial charge in [0.2, 0.25) is 0 Å². The zero-order chi connectivity index (χ0) is 18.3. The van der Waals surface area contributed by atoms with Crippen molar-refractivity contribution in [2.75, 3.05) is 0 Å². The molecule has 0 heterocycles. The average Bonchev–Trinajstić information content (AvgIpc) is 2.46. The van der Waals surface area contributed by atoms with Gasteiger partial charge in [0, 0.05) is 10.6 Å². The molecule has 0 saturated heterocycles. The topological polar surface area (TPSA) is 37.3 Å². The van der Waals surface area contributed by atoms with E-state index in [9.17, 15) is 36.2 Å². The van der Waals surface area contributed by atoms with E-state index in [0.717, 1.165) is 12.1 Å². The summed E-state index contributed by atoms with van der Waals surface area (Å²) in [6.45, 7) is 0. The SMILES string of the molecule is O=C(c1cc(C(F)(F)F)cc(C(F)(F)F)c1)c1cc(Cl)ccc1O. The van der Waals surface area contributed by atoms with Gasteiger partial charge in [0.25, 0.3) is 0 Å². The monoisotopic (exact) mass is 368 g/mol. The van der Waals surface area contributed by atoms with Gasteiger partial charge in [-0.1, -0.05) is 11.6 Å². The lowest BCUT2D eigenvalue weighted by Gasteiger charge is -2.14. The number of phenols is 1. The molecule has 0 saturated carbocycles. The Morgan fingerprint density at radius 2 is 1.38 bits per heavy atom. The second-order valence-electron chi connectivity index (χ2n) is 4.79. The van der Waals surface area contributed by atoms with Crippen molar-refractivity contribution >= 4 is 17.4 Å². The van der Waals surface area contributed by atoms with Crippen LogP contribution in [0.25, 0.3) is 0 Å². The van der Waals surface area contributed by atoms with Gasteiger partial charge >= 0.3 is 12.4 Å². The van der Waals surface area contributed by atoms with E-state index in [0.29, 0.717) is 0 Å². The average molecular weight is 369 g/mol. The van der Waals surface area contributed by atoms with E-state index in [-0.39, 0.29) is 23.2 Å². The van der Waals surface area contributed by atoms with Crippen molar-refractivity contribution in [2.24, 2.45) is 0 Å². The minimum Gasteiger partial charge on any atom is -0.507 e. The molecule has 2 nitrogen and oxygen atoms in total. The van der Waals surface area contributed by atoms with Crippen molar-refractivity contribution in [1.29, 1.82) is 0 Å². The molecule has 0 atom stereocenters. The van der Waals surface area contributed by atoms with Crippen LogP contribution in [0, 0.1) is 0 Å². The Morgan fingerprint density at radius 1 is 0.875 bits per heavy atom. The number of aromatic hydroxyl groups is 1. The van der Waals surface area contributed by atoms with Gasteiger partial charge < -0.3 is 5.11 Å². The first-order valence-electron chi connectivity index (χ1n) is 6.22. The maximum absolute atomic E-state index is 12.8. The predicted octanol–water partition coefficient (Wildman–Crippen LogP) is 5.31. The zero-order valence-corrected chi connectivity index (χ0v) is 12.2. The summed E-state index contributed by atoms with van der Waals surface area (Å²) in [5, 5.41) is 9.59. The van der Waals surface area contributed by atoms with Crippen LogP contribution in [0.4, 0.5) is 26.3 Å². The Bertz CT molecular complexity index is 763. The molecule has 0 aromatic heterocycles. The Morgan fingerprint density at radius 3 is 1.83 bits per heavy atom. The fourth-order valence-corrected chi connectivity index (χ4v) is 2.10. The summed E-state index contributed by atoms with van der Waals surface area (Å²) in [5.74, 6) is -1.83. The maximum Gasteiger partial charge on any atom is 0.416 e. The number of halogens is 7. The number of carbonyl (C=O) groups is 1. The highest BCUT2D eigenvalue weighted by atomic mass is 35.5. The van der Waals surface area contributed by atoms with Gasteiger partial charge in [0.15, 0.2) is 5.78 Å². The van der Waals surface area contributed by atoms with E-state index in [4.69, 9.17) is 11.6 Å². The molecular formula is C15H7ClF6O2. The van der Waals surface area contributed by atoms with Gasteiger partial charge in [-0.3, -0.25) is 4.79 Å². The van der Waals surface area contributed by atoms with Gasteiger partial charge in [-0.2, -0.15) is 26.3 Å². The fourth-order valence-electron chi connectivity index (χ4n) is 1.93. The molecule has 0 radical (unpaired) electrons. The summed E-state index contributed by atoms with van der Waals surface area (Å²) < 4.78 is 76.8. The minimum absolute atomic E-state index is 0.0147. The van der Waals surface area contributed by atoms with Crippen LogP contribution in [0.2, 0.25) is 5.02 Å². The van der Waals surface area contributed by atoms with Gasteiger partial charge in [0.1, 0.15) is 5.75 Å². The summed E-state index contributed by atoms with van der Waals surface area (Å²) in [6, 6.07) is 3.66. The lowest BCUT2D eigenvalue weighted by Crippen LogP contribution is -2.14. The van der Waals surface area contributed by atoms with Crippen LogP contribution < -0.4 is 0 Å². The van der Waals surface area contributed by atoms with Crippen molar-refractivity contribution in [2.45, 2.75) is 12.4 Å². The third-order valence-corrected chi connectivity index (χ3v) is 3.29. The van der Waals surface area contributed by atoms with E-state index in [1.165, 1.54) is 6.07 Å². The van der Waals surface area contributed by atoms with Crippen LogP contribution in [0.3, 0.4) is 0 Å². The molecule has 0 aliphatic carbocycles. The second-order valence-corrected chi connectivity index (χ2v) is 5.22. The Hall–Kier alpha value is -2.22. The van der Waals surface area contributed by atoms with E-state index >= 15 is 0 Å². The number of alkyl halides is 6. The van der Waals surface area contributed by atoms with E-state index < -0.39 is 46.1 Å². The number of ketones is 1. The highest BCUT2D eigenvalue weighted by Crippen LogP contribution is 2.37. The summed E-state index contributed by atoms with van der Waals surface area (Å²) in [7, 11) is 0. The van der Waals surface area contributed by atoms with Gasteiger partial charge in [-0.15, -0.1) is 0 Å². The fraction of sp³-hybridized carbons (Fsp3) is 0.133. The molecule has 0 aliphatic rings. The second kappa shape index (κ2) is 6.01. The smallest absolute Gasteiger partial charge is 0.416 e. The molecule has 128 valence electrons. The van der Waals surface area contributed by atoms with Crippen molar-refractivity contribution in [3.05, 3.63) is 63.7 Å². The van der Waals surface area contributed by atoms with Crippen LogP contribution in [0.15, 0.2) is 36.4 Å². The van der Waals surface area contributed by atoms with Crippen LogP contribution in [0.1, 0.15) is 27.0 Å². The van der Waals surface area contributed by atoms with Gasteiger partial charge in [-0.25, -0.2) is 0 Å². The van der Waals surface area contributed by atoms with Crippen molar-refractivity contribution < 1.29 is 36.2 Å². The Kier molecular flexibility index (Phi) is 4.54. The zero-order valence-electron chi connectivity index (χ0n) is 11.5. The summed E-state index contributed by atoms with van der Waals surface area (Å²) in [4.78, 5) is 12.2. The molecule has 0 amide bonds. The normalized spacial score (nSPS) is 12.3. The molecule has 24 heavy (non-hydrogen) atoms. The molecule has 2 aromatic carbocycles.